The van der Waals surface area contributed by atoms with E-state index in [0.29, 0.717) is 0 Å². The van der Waals surface area contributed by atoms with Crippen LogP contribution in [0.25, 0.3) is 0 Å². The first-order valence-corrected chi connectivity index (χ1v) is 3.93. The van der Waals surface area contributed by atoms with Gasteiger partial charge >= 0.3 is 26.2 Å². The molecule has 0 saturated heterocycles. The van der Waals surface area contributed by atoms with Gasteiger partial charge in [0.25, 0.3) is 0 Å². The van der Waals surface area contributed by atoms with Crippen molar-refractivity contribution in [3.63, 3.8) is 0 Å². The van der Waals surface area contributed by atoms with Crippen molar-refractivity contribution >= 4 is 0 Å². The van der Waals surface area contributed by atoms with Crippen LogP contribution >= 0.6 is 0 Å². The summed E-state index contributed by atoms with van der Waals surface area (Å²) in [5.41, 5.74) is 1.07. The summed E-state index contributed by atoms with van der Waals surface area (Å²) in [5.74, 6) is 0. The van der Waals surface area contributed by atoms with Gasteiger partial charge in [0.1, 0.15) is 0 Å². The summed E-state index contributed by atoms with van der Waals surface area (Å²) in [6, 6.07) is 19.9. The molecule has 2 aromatic carbocycles. The van der Waals surface area contributed by atoms with Crippen LogP contribution in [0.2, 0.25) is 0 Å². The Morgan fingerprint density at radius 2 is 1.38 bits per heavy atom. The molecular formula is C12H12Zr. The SMILES string of the molecule is [CH2-]c1ccccc1.[Zr+2].c1cc[cH-]c1. The van der Waals surface area contributed by atoms with Gasteiger partial charge in [-0.3, -0.25) is 0 Å². The van der Waals surface area contributed by atoms with Gasteiger partial charge in [-0.05, 0) is 0 Å². The van der Waals surface area contributed by atoms with Gasteiger partial charge in [0.15, 0.2) is 0 Å². The average molecular weight is 247 g/mol. The Kier molecular flexibility index (Phi) is 7.53. The van der Waals surface area contributed by atoms with Crippen molar-refractivity contribution in [2.75, 3.05) is 0 Å². The van der Waals surface area contributed by atoms with Crippen LogP contribution in [0.4, 0.5) is 0 Å². The molecule has 0 aliphatic carbocycles. The second-order valence-electron chi connectivity index (χ2n) is 2.45. The smallest absolute Gasteiger partial charge is 0.214 e. The van der Waals surface area contributed by atoms with Gasteiger partial charge in [-0.15, -0.1) is 12.1 Å². The van der Waals surface area contributed by atoms with Gasteiger partial charge in [0.05, 0.1) is 0 Å². The second-order valence-corrected chi connectivity index (χ2v) is 2.45. The van der Waals surface area contributed by atoms with Gasteiger partial charge in [0.2, 0.25) is 0 Å². The summed E-state index contributed by atoms with van der Waals surface area (Å²) < 4.78 is 0. The molecule has 13 heavy (non-hydrogen) atoms. The van der Waals surface area contributed by atoms with E-state index in [2.05, 4.69) is 6.92 Å². The summed E-state index contributed by atoms with van der Waals surface area (Å²) in [7, 11) is 0. The Hall–Kier alpha value is -0.677. The zero-order chi connectivity index (χ0) is 8.65. The van der Waals surface area contributed by atoms with E-state index in [1.165, 1.54) is 0 Å². The largest absolute Gasteiger partial charge is 2.00 e. The number of hydrogen-bond acceptors (Lipinski definition) is 0. The predicted molar refractivity (Wildman–Crippen MR) is 52.9 cm³/mol. The molecule has 2 aromatic rings. The number of hydrogen-bond donors (Lipinski definition) is 0. The van der Waals surface area contributed by atoms with E-state index in [4.69, 9.17) is 0 Å². The summed E-state index contributed by atoms with van der Waals surface area (Å²) in [4.78, 5) is 0. The minimum absolute atomic E-state index is 0. The van der Waals surface area contributed by atoms with Crippen molar-refractivity contribution in [1.29, 1.82) is 0 Å². The van der Waals surface area contributed by atoms with E-state index in [1.54, 1.807) is 0 Å². The molecule has 1 heteroatoms. The normalized spacial score (nSPS) is 7.69. The van der Waals surface area contributed by atoms with Gasteiger partial charge in [-0.25, -0.2) is 12.1 Å². The molecule has 0 aliphatic rings. The molecule has 0 saturated carbocycles. The molecule has 0 heterocycles. The Morgan fingerprint density at radius 1 is 0.846 bits per heavy atom. The third-order valence-electron chi connectivity index (χ3n) is 1.40. The Bertz CT molecular complexity index is 254. The molecular weight excluding hydrogens is 235 g/mol. The monoisotopic (exact) mass is 246 g/mol. The Balaban J connectivity index is 0.000000215. The van der Waals surface area contributed by atoms with E-state index < -0.39 is 0 Å². The van der Waals surface area contributed by atoms with Crippen LogP contribution in [-0.2, 0) is 26.2 Å². The minimum atomic E-state index is 0. The van der Waals surface area contributed by atoms with Crippen molar-refractivity contribution in [1.82, 2.24) is 0 Å². The molecule has 0 fully saturated rings. The molecule has 64 valence electrons. The van der Waals surface area contributed by atoms with Gasteiger partial charge in [0, 0.05) is 0 Å². The molecule has 0 unspecified atom stereocenters. The molecule has 0 radical (unpaired) electrons. The van der Waals surface area contributed by atoms with E-state index in [-0.39, 0.29) is 26.2 Å². The van der Waals surface area contributed by atoms with Gasteiger partial charge in [-0.2, -0.15) is 42.8 Å². The predicted octanol–water partition coefficient (Wildman–Crippen LogP) is 3.27. The standard InChI is InChI=1S/C7H7.C5H5.Zr/c1-7-5-3-2-4-6-7;1-2-4-5-3-1;/h2-6H,1H2;1-5H;/q2*-1;+2. The average Bonchev–Trinajstić information content (AvgIpc) is 2.62. The second kappa shape index (κ2) is 7.95. The van der Waals surface area contributed by atoms with Crippen molar-refractivity contribution in [2.24, 2.45) is 0 Å². The van der Waals surface area contributed by atoms with E-state index >= 15 is 0 Å². The zero-order valence-corrected chi connectivity index (χ0v) is 9.94. The van der Waals surface area contributed by atoms with Crippen molar-refractivity contribution in [3.05, 3.63) is 73.2 Å². The van der Waals surface area contributed by atoms with Crippen LogP contribution in [0.15, 0.2) is 60.7 Å². The topological polar surface area (TPSA) is 0 Å². The van der Waals surface area contributed by atoms with E-state index in [1.807, 2.05) is 60.7 Å². The molecule has 0 nitrogen and oxygen atoms in total. The van der Waals surface area contributed by atoms with Crippen LogP contribution in [-0.4, -0.2) is 0 Å². The summed E-state index contributed by atoms with van der Waals surface area (Å²) in [6.45, 7) is 3.72. The third-order valence-corrected chi connectivity index (χ3v) is 1.40. The fourth-order valence-corrected chi connectivity index (χ4v) is 0.799. The van der Waals surface area contributed by atoms with Gasteiger partial charge in [-0.1, -0.05) is 6.07 Å². The van der Waals surface area contributed by atoms with E-state index in [9.17, 15) is 0 Å². The summed E-state index contributed by atoms with van der Waals surface area (Å²) >= 11 is 0. The van der Waals surface area contributed by atoms with Crippen LogP contribution < -0.4 is 0 Å². The molecule has 2 rings (SSSR count). The first kappa shape index (κ1) is 12.3. The van der Waals surface area contributed by atoms with Crippen LogP contribution in [0, 0.1) is 6.92 Å². The zero-order valence-electron chi connectivity index (χ0n) is 7.48. The molecule has 0 aromatic heterocycles. The van der Waals surface area contributed by atoms with E-state index in [0.717, 1.165) is 5.56 Å². The van der Waals surface area contributed by atoms with Crippen molar-refractivity contribution < 1.29 is 26.2 Å². The van der Waals surface area contributed by atoms with Crippen molar-refractivity contribution in [2.45, 2.75) is 0 Å². The first-order chi connectivity index (χ1) is 5.89. The maximum Gasteiger partial charge on any atom is 2.00 e. The molecule has 0 atom stereocenters. The maximum atomic E-state index is 3.72. The maximum absolute atomic E-state index is 3.72. The first-order valence-electron chi connectivity index (χ1n) is 3.93. The quantitative estimate of drug-likeness (QED) is 0.627. The molecule has 0 aliphatic heterocycles. The Morgan fingerprint density at radius 3 is 1.62 bits per heavy atom. The van der Waals surface area contributed by atoms with Crippen LogP contribution in [0.1, 0.15) is 5.56 Å². The summed E-state index contributed by atoms with van der Waals surface area (Å²) in [5, 5.41) is 0. The fourth-order valence-electron chi connectivity index (χ4n) is 0.799. The number of rotatable bonds is 0. The number of benzene rings is 1. The molecule has 0 spiro atoms. The van der Waals surface area contributed by atoms with Crippen molar-refractivity contribution in [3.8, 4) is 0 Å². The third kappa shape index (κ3) is 6.48. The Labute approximate surface area is 99.1 Å². The molecule has 0 N–H and O–H groups in total. The molecule has 0 bridgehead atoms. The fraction of sp³-hybridized carbons (Fsp3) is 0. The van der Waals surface area contributed by atoms with Crippen LogP contribution in [0.3, 0.4) is 0 Å². The minimum Gasteiger partial charge on any atom is -0.214 e. The summed E-state index contributed by atoms with van der Waals surface area (Å²) in [6.07, 6.45) is 0. The van der Waals surface area contributed by atoms with Crippen LogP contribution in [0.5, 0.6) is 0 Å². The molecule has 0 amide bonds. The van der Waals surface area contributed by atoms with Gasteiger partial charge < -0.3 is 0 Å².